The van der Waals surface area contributed by atoms with E-state index in [4.69, 9.17) is 4.74 Å². The molecular formula is C10H19N2O. The zero-order chi connectivity index (χ0) is 8.93. The maximum atomic E-state index is 5.55. The van der Waals surface area contributed by atoms with E-state index in [-0.39, 0.29) is 0 Å². The van der Waals surface area contributed by atoms with E-state index in [1.165, 1.54) is 25.9 Å². The molecule has 2 aliphatic rings. The van der Waals surface area contributed by atoms with Crippen LogP contribution in [0.25, 0.3) is 0 Å². The van der Waals surface area contributed by atoms with E-state index in [1.54, 1.807) is 0 Å². The number of ether oxygens (including phenoxy) is 1. The van der Waals surface area contributed by atoms with Crippen molar-refractivity contribution in [1.82, 2.24) is 10.2 Å². The standard InChI is InChI=1S/C10H19N2O/c1-2-10(13-9-1)3-6-12-7-4-11-5-8-12/h3,10-11H,1-2,4-9H2. The highest BCUT2D eigenvalue weighted by Gasteiger charge is 2.17. The van der Waals surface area contributed by atoms with Crippen molar-refractivity contribution in [3.05, 3.63) is 6.42 Å². The average Bonchev–Trinajstić information content (AvgIpc) is 2.69. The predicted octanol–water partition coefficient (Wildman–Crippen LogP) is 0.275. The van der Waals surface area contributed by atoms with E-state index in [0.29, 0.717) is 6.10 Å². The normalized spacial score (nSPS) is 30.9. The van der Waals surface area contributed by atoms with Crippen molar-refractivity contribution in [3.8, 4) is 0 Å². The van der Waals surface area contributed by atoms with Gasteiger partial charge in [-0.25, -0.2) is 0 Å². The Morgan fingerprint density at radius 2 is 2.23 bits per heavy atom. The number of rotatable bonds is 3. The molecule has 0 amide bonds. The van der Waals surface area contributed by atoms with Gasteiger partial charge in [0.05, 0.1) is 6.10 Å². The highest BCUT2D eigenvalue weighted by atomic mass is 16.5. The molecule has 13 heavy (non-hydrogen) atoms. The maximum Gasteiger partial charge on any atom is 0.0620 e. The summed E-state index contributed by atoms with van der Waals surface area (Å²) < 4.78 is 5.55. The van der Waals surface area contributed by atoms with Crippen LogP contribution in [0.4, 0.5) is 0 Å². The fraction of sp³-hybridized carbons (Fsp3) is 0.900. The van der Waals surface area contributed by atoms with Gasteiger partial charge in [0.25, 0.3) is 0 Å². The summed E-state index contributed by atoms with van der Waals surface area (Å²) in [7, 11) is 0. The highest BCUT2D eigenvalue weighted by molar-refractivity contribution is 4.84. The Hall–Kier alpha value is -0.120. The molecule has 0 aromatic carbocycles. The van der Waals surface area contributed by atoms with Crippen LogP contribution in [0.1, 0.15) is 12.8 Å². The monoisotopic (exact) mass is 183 g/mol. The minimum Gasteiger partial charge on any atom is -0.378 e. The summed E-state index contributed by atoms with van der Waals surface area (Å²) in [6.45, 7) is 6.71. The second kappa shape index (κ2) is 4.94. The zero-order valence-electron chi connectivity index (χ0n) is 8.17. The molecule has 0 bridgehead atoms. The van der Waals surface area contributed by atoms with Gasteiger partial charge in [-0.05, 0) is 12.8 Å². The van der Waals surface area contributed by atoms with Crippen molar-refractivity contribution >= 4 is 0 Å². The topological polar surface area (TPSA) is 24.5 Å². The Balaban J connectivity index is 1.60. The van der Waals surface area contributed by atoms with Gasteiger partial charge in [-0.2, -0.15) is 0 Å². The van der Waals surface area contributed by atoms with Crippen molar-refractivity contribution in [1.29, 1.82) is 0 Å². The summed E-state index contributed by atoms with van der Waals surface area (Å²) in [6.07, 6.45) is 5.24. The quantitative estimate of drug-likeness (QED) is 0.680. The number of nitrogens with one attached hydrogen (secondary N) is 1. The van der Waals surface area contributed by atoms with Gasteiger partial charge in [0, 0.05) is 45.8 Å². The molecule has 1 N–H and O–H groups in total. The van der Waals surface area contributed by atoms with Crippen molar-refractivity contribution in [2.24, 2.45) is 0 Å². The van der Waals surface area contributed by atoms with Crippen LogP contribution in [-0.2, 0) is 4.74 Å². The van der Waals surface area contributed by atoms with Gasteiger partial charge in [-0.1, -0.05) is 0 Å². The van der Waals surface area contributed by atoms with E-state index in [0.717, 1.165) is 26.2 Å². The average molecular weight is 183 g/mol. The number of piperazine rings is 1. The van der Waals surface area contributed by atoms with Crippen molar-refractivity contribution in [3.63, 3.8) is 0 Å². The first-order valence-corrected chi connectivity index (χ1v) is 5.33. The smallest absolute Gasteiger partial charge is 0.0620 e. The lowest BCUT2D eigenvalue weighted by atomic mass is 10.1. The fourth-order valence-electron chi connectivity index (χ4n) is 1.95. The molecule has 0 aliphatic carbocycles. The summed E-state index contributed by atoms with van der Waals surface area (Å²) in [5.41, 5.74) is 0. The molecule has 2 heterocycles. The van der Waals surface area contributed by atoms with Crippen molar-refractivity contribution in [2.75, 3.05) is 39.3 Å². The number of hydrogen-bond donors (Lipinski definition) is 1. The second-order valence-electron chi connectivity index (χ2n) is 3.84. The van der Waals surface area contributed by atoms with Crippen LogP contribution in [-0.4, -0.2) is 50.3 Å². The molecule has 0 aromatic heterocycles. The van der Waals surface area contributed by atoms with Crippen LogP contribution < -0.4 is 5.32 Å². The molecular weight excluding hydrogens is 164 g/mol. The molecule has 1 unspecified atom stereocenters. The first kappa shape index (κ1) is 9.44. The van der Waals surface area contributed by atoms with Gasteiger partial charge in [0.2, 0.25) is 0 Å². The summed E-state index contributed by atoms with van der Waals surface area (Å²) in [5.74, 6) is 0. The largest absolute Gasteiger partial charge is 0.378 e. The molecule has 1 radical (unpaired) electrons. The van der Waals surface area contributed by atoms with Crippen molar-refractivity contribution in [2.45, 2.75) is 18.9 Å². The third-order valence-electron chi connectivity index (χ3n) is 2.80. The number of nitrogens with zero attached hydrogens (tertiary/aromatic N) is 1. The Bertz CT molecular complexity index is 140. The van der Waals surface area contributed by atoms with Crippen LogP contribution in [0.5, 0.6) is 0 Å². The zero-order valence-corrected chi connectivity index (χ0v) is 8.17. The van der Waals surface area contributed by atoms with Crippen LogP contribution >= 0.6 is 0 Å². The van der Waals surface area contributed by atoms with Crippen LogP contribution in [0.2, 0.25) is 0 Å². The summed E-state index contributed by atoms with van der Waals surface area (Å²) in [4.78, 5) is 2.48. The van der Waals surface area contributed by atoms with Gasteiger partial charge in [0.15, 0.2) is 0 Å². The lowest BCUT2D eigenvalue weighted by molar-refractivity contribution is 0.123. The first-order chi connectivity index (χ1) is 6.45. The van der Waals surface area contributed by atoms with E-state index < -0.39 is 0 Å². The third-order valence-corrected chi connectivity index (χ3v) is 2.80. The molecule has 3 nitrogen and oxygen atoms in total. The van der Waals surface area contributed by atoms with Gasteiger partial charge in [0.1, 0.15) is 0 Å². The molecule has 0 aromatic rings. The van der Waals surface area contributed by atoms with Gasteiger partial charge in [-0.3, -0.25) is 0 Å². The van der Waals surface area contributed by atoms with E-state index in [9.17, 15) is 0 Å². The molecule has 1 atom stereocenters. The lowest BCUT2D eigenvalue weighted by Crippen LogP contribution is -2.44. The lowest BCUT2D eigenvalue weighted by Gasteiger charge is -2.27. The highest BCUT2D eigenvalue weighted by Crippen LogP contribution is 2.14. The Morgan fingerprint density at radius 3 is 2.92 bits per heavy atom. The van der Waals surface area contributed by atoms with Crippen LogP contribution in [0.3, 0.4) is 0 Å². The molecule has 2 saturated heterocycles. The molecule has 75 valence electrons. The second-order valence-corrected chi connectivity index (χ2v) is 3.84. The van der Waals surface area contributed by atoms with E-state index in [1.807, 2.05) is 0 Å². The molecule has 0 spiro atoms. The summed E-state index contributed by atoms with van der Waals surface area (Å²) in [5, 5.41) is 3.36. The predicted molar refractivity (Wildman–Crippen MR) is 52.6 cm³/mol. The Morgan fingerprint density at radius 1 is 1.38 bits per heavy atom. The minimum atomic E-state index is 0.440. The van der Waals surface area contributed by atoms with Crippen LogP contribution in [0, 0.1) is 6.42 Å². The van der Waals surface area contributed by atoms with Crippen LogP contribution in [0.15, 0.2) is 0 Å². The van der Waals surface area contributed by atoms with Gasteiger partial charge >= 0.3 is 0 Å². The summed E-state index contributed by atoms with van der Waals surface area (Å²) >= 11 is 0. The Labute approximate surface area is 80.4 Å². The van der Waals surface area contributed by atoms with Gasteiger partial charge < -0.3 is 15.0 Å². The first-order valence-electron chi connectivity index (χ1n) is 5.33. The maximum absolute atomic E-state index is 5.55. The van der Waals surface area contributed by atoms with Crippen molar-refractivity contribution < 1.29 is 4.74 Å². The molecule has 2 rings (SSSR count). The molecule has 2 aliphatic heterocycles. The number of hydrogen-bond acceptors (Lipinski definition) is 3. The molecule has 2 fully saturated rings. The third kappa shape index (κ3) is 2.93. The SMILES string of the molecule is [CH](CN1CCNCC1)C1CCCO1. The summed E-state index contributed by atoms with van der Waals surface area (Å²) in [6, 6.07) is 0. The minimum absolute atomic E-state index is 0.440. The Kier molecular flexibility index (Phi) is 3.58. The van der Waals surface area contributed by atoms with E-state index >= 15 is 0 Å². The van der Waals surface area contributed by atoms with Gasteiger partial charge in [-0.15, -0.1) is 0 Å². The van der Waals surface area contributed by atoms with E-state index in [2.05, 4.69) is 16.6 Å². The molecule has 0 saturated carbocycles. The molecule has 3 heteroatoms. The fourth-order valence-corrected chi connectivity index (χ4v) is 1.95.